The molecular formula is C7H7N5O2. The van der Waals surface area contributed by atoms with Crippen molar-refractivity contribution in [1.29, 1.82) is 0 Å². The van der Waals surface area contributed by atoms with Crippen molar-refractivity contribution >= 4 is 0 Å². The third-order valence-corrected chi connectivity index (χ3v) is 1.46. The molecule has 0 unspecified atom stereocenters. The average molecular weight is 193 g/mol. The zero-order valence-electron chi connectivity index (χ0n) is 7.63. The van der Waals surface area contributed by atoms with Crippen LogP contribution in [0.15, 0.2) is 10.9 Å². The van der Waals surface area contributed by atoms with Gasteiger partial charge >= 0.3 is 6.01 Å². The molecule has 2 aromatic heterocycles. The third kappa shape index (κ3) is 1.51. The van der Waals surface area contributed by atoms with Crippen molar-refractivity contribution in [1.82, 2.24) is 25.1 Å². The van der Waals surface area contributed by atoms with E-state index in [1.807, 2.05) is 0 Å². The van der Waals surface area contributed by atoms with Gasteiger partial charge in [-0.05, 0) is 0 Å². The van der Waals surface area contributed by atoms with E-state index in [9.17, 15) is 0 Å². The van der Waals surface area contributed by atoms with E-state index < -0.39 is 0 Å². The van der Waals surface area contributed by atoms with Crippen molar-refractivity contribution in [3.8, 4) is 17.7 Å². The maximum Gasteiger partial charge on any atom is 0.319 e. The monoisotopic (exact) mass is 193 g/mol. The molecule has 7 heteroatoms. The van der Waals surface area contributed by atoms with Crippen LogP contribution in [0.3, 0.4) is 0 Å². The number of methoxy groups -OCH3 is 1. The molecule has 0 radical (unpaired) electrons. The lowest BCUT2D eigenvalue weighted by molar-refractivity contribution is 0.377. The van der Waals surface area contributed by atoms with Crippen molar-refractivity contribution in [3.63, 3.8) is 0 Å². The SMILES string of the molecule is COc1ncnc(-c2noc(C)n2)n1. The van der Waals surface area contributed by atoms with Crippen LogP contribution in [-0.2, 0) is 0 Å². The summed E-state index contributed by atoms with van der Waals surface area (Å²) in [6, 6.07) is 0.220. The first kappa shape index (κ1) is 8.54. The Morgan fingerprint density at radius 2 is 2.07 bits per heavy atom. The summed E-state index contributed by atoms with van der Waals surface area (Å²) in [6.45, 7) is 1.69. The normalized spacial score (nSPS) is 10.1. The predicted octanol–water partition coefficient (Wildman–Crippen LogP) is 0.239. The quantitative estimate of drug-likeness (QED) is 0.674. The predicted molar refractivity (Wildman–Crippen MR) is 44.4 cm³/mol. The molecule has 2 rings (SSSR count). The van der Waals surface area contributed by atoms with Crippen LogP contribution < -0.4 is 4.74 Å². The van der Waals surface area contributed by atoms with Crippen LogP contribution in [0.2, 0.25) is 0 Å². The summed E-state index contributed by atoms with van der Waals surface area (Å²) < 4.78 is 9.62. The Bertz CT molecular complexity index is 441. The van der Waals surface area contributed by atoms with Crippen molar-refractivity contribution in [2.75, 3.05) is 7.11 Å². The number of aryl methyl sites for hydroxylation is 1. The highest BCUT2D eigenvalue weighted by molar-refractivity contribution is 5.40. The highest BCUT2D eigenvalue weighted by Crippen LogP contribution is 2.10. The lowest BCUT2D eigenvalue weighted by atomic mass is 10.5. The van der Waals surface area contributed by atoms with Crippen LogP contribution in [0.25, 0.3) is 11.6 Å². The summed E-state index contributed by atoms with van der Waals surface area (Å²) in [5, 5.41) is 3.67. The Balaban J connectivity index is 2.41. The minimum absolute atomic E-state index is 0.220. The summed E-state index contributed by atoms with van der Waals surface area (Å²) in [5.41, 5.74) is 0. The van der Waals surface area contributed by atoms with Crippen molar-refractivity contribution in [2.24, 2.45) is 0 Å². The Hall–Kier alpha value is -2.05. The summed E-state index contributed by atoms with van der Waals surface area (Å²) in [7, 11) is 1.47. The molecule has 0 saturated carbocycles. The molecule has 0 N–H and O–H groups in total. The minimum atomic E-state index is 0.220. The Morgan fingerprint density at radius 3 is 2.71 bits per heavy atom. The number of rotatable bonds is 2. The summed E-state index contributed by atoms with van der Waals surface area (Å²) in [5.74, 6) is 1.11. The molecule has 0 aromatic carbocycles. The highest BCUT2D eigenvalue weighted by Gasteiger charge is 2.09. The lowest BCUT2D eigenvalue weighted by Gasteiger charge is -1.96. The fourth-order valence-corrected chi connectivity index (χ4v) is 0.877. The van der Waals surface area contributed by atoms with Crippen molar-refractivity contribution in [2.45, 2.75) is 6.92 Å². The molecule has 0 aliphatic carbocycles. The maximum atomic E-state index is 4.83. The van der Waals surface area contributed by atoms with Gasteiger partial charge in [0.1, 0.15) is 6.33 Å². The van der Waals surface area contributed by atoms with E-state index >= 15 is 0 Å². The first-order chi connectivity index (χ1) is 6.79. The molecule has 0 aliphatic heterocycles. The number of hydrogen-bond donors (Lipinski definition) is 0. The molecule has 0 fully saturated rings. The fraction of sp³-hybridized carbons (Fsp3) is 0.286. The topological polar surface area (TPSA) is 86.8 Å². The molecule has 0 spiro atoms. The molecule has 72 valence electrons. The molecule has 7 nitrogen and oxygen atoms in total. The Labute approximate surface area is 79.2 Å². The van der Waals surface area contributed by atoms with Gasteiger partial charge in [-0.15, -0.1) is 0 Å². The number of nitrogens with zero attached hydrogens (tertiary/aromatic N) is 5. The van der Waals surface area contributed by atoms with Gasteiger partial charge in [0.05, 0.1) is 7.11 Å². The standard InChI is InChI=1S/C7H7N5O2/c1-4-10-6(12-14-4)5-8-3-9-7(11-5)13-2/h3H,1-2H3. The zero-order chi connectivity index (χ0) is 9.97. The van der Waals surface area contributed by atoms with Crippen molar-refractivity contribution < 1.29 is 9.26 Å². The van der Waals surface area contributed by atoms with Gasteiger partial charge in [-0.3, -0.25) is 0 Å². The van der Waals surface area contributed by atoms with Crippen LogP contribution in [0.1, 0.15) is 5.89 Å². The number of ether oxygens (including phenoxy) is 1. The van der Waals surface area contributed by atoms with E-state index in [0.717, 1.165) is 0 Å². The zero-order valence-corrected chi connectivity index (χ0v) is 7.63. The molecule has 0 saturated heterocycles. The van der Waals surface area contributed by atoms with Gasteiger partial charge in [-0.2, -0.15) is 15.0 Å². The smallest absolute Gasteiger partial charge is 0.319 e. The minimum Gasteiger partial charge on any atom is -0.467 e. The second-order valence-corrected chi connectivity index (χ2v) is 2.43. The van der Waals surface area contributed by atoms with Gasteiger partial charge in [-0.1, -0.05) is 5.16 Å². The largest absolute Gasteiger partial charge is 0.467 e. The van der Waals surface area contributed by atoms with Gasteiger partial charge in [0.25, 0.3) is 0 Å². The maximum absolute atomic E-state index is 4.83. The van der Waals surface area contributed by atoms with Crippen LogP contribution >= 0.6 is 0 Å². The first-order valence-corrected chi connectivity index (χ1v) is 3.83. The molecule has 2 aromatic rings. The Morgan fingerprint density at radius 1 is 1.21 bits per heavy atom. The third-order valence-electron chi connectivity index (χ3n) is 1.46. The molecule has 0 atom stereocenters. The highest BCUT2D eigenvalue weighted by atomic mass is 16.5. The number of hydrogen-bond acceptors (Lipinski definition) is 7. The van der Waals surface area contributed by atoms with E-state index in [-0.39, 0.29) is 6.01 Å². The second kappa shape index (κ2) is 3.36. The van der Waals surface area contributed by atoms with Gasteiger partial charge < -0.3 is 9.26 Å². The fourth-order valence-electron chi connectivity index (χ4n) is 0.877. The van der Waals surface area contributed by atoms with E-state index in [0.29, 0.717) is 17.5 Å². The summed E-state index contributed by atoms with van der Waals surface area (Å²) >= 11 is 0. The van der Waals surface area contributed by atoms with E-state index in [4.69, 9.17) is 9.26 Å². The van der Waals surface area contributed by atoms with Crippen LogP contribution in [-0.4, -0.2) is 32.2 Å². The summed E-state index contributed by atoms with van der Waals surface area (Å²) in [6.07, 6.45) is 1.33. The van der Waals surface area contributed by atoms with Crippen LogP contribution in [0.4, 0.5) is 0 Å². The van der Waals surface area contributed by atoms with Crippen LogP contribution in [0.5, 0.6) is 6.01 Å². The lowest BCUT2D eigenvalue weighted by Crippen LogP contribution is -1.96. The average Bonchev–Trinajstić information content (AvgIpc) is 2.65. The van der Waals surface area contributed by atoms with Gasteiger partial charge in [0, 0.05) is 6.92 Å². The molecule has 2 heterocycles. The van der Waals surface area contributed by atoms with Crippen molar-refractivity contribution in [3.05, 3.63) is 12.2 Å². The van der Waals surface area contributed by atoms with E-state index in [1.54, 1.807) is 6.92 Å². The van der Waals surface area contributed by atoms with Gasteiger partial charge in [-0.25, -0.2) is 4.98 Å². The van der Waals surface area contributed by atoms with E-state index in [1.165, 1.54) is 13.4 Å². The molecule has 0 bridgehead atoms. The molecule has 0 aliphatic rings. The second-order valence-electron chi connectivity index (χ2n) is 2.43. The molecule has 14 heavy (non-hydrogen) atoms. The Kier molecular flexibility index (Phi) is 2.05. The van der Waals surface area contributed by atoms with Gasteiger partial charge in [0.2, 0.25) is 17.5 Å². The summed E-state index contributed by atoms with van der Waals surface area (Å²) in [4.78, 5) is 15.6. The molecular weight excluding hydrogens is 186 g/mol. The first-order valence-electron chi connectivity index (χ1n) is 3.83. The van der Waals surface area contributed by atoms with E-state index in [2.05, 4.69) is 25.1 Å². The van der Waals surface area contributed by atoms with Crippen LogP contribution in [0, 0.1) is 6.92 Å². The number of aromatic nitrogens is 5. The molecule has 0 amide bonds. The van der Waals surface area contributed by atoms with Gasteiger partial charge in [0.15, 0.2) is 0 Å².